The van der Waals surface area contributed by atoms with Gasteiger partial charge < -0.3 is 19.8 Å². The molecule has 0 radical (unpaired) electrons. The van der Waals surface area contributed by atoms with Gasteiger partial charge in [-0.3, -0.25) is 19.3 Å². The van der Waals surface area contributed by atoms with Crippen LogP contribution in [0.4, 0.5) is 5.69 Å². The first-order chi connectivity index (χ1) is 19.2. The summed E-state index contributed by atoms with van der Waals surface area (Å²) < 4.78 is 5.56. The van der Waals surface area contributed by atoms with Gasteiger partial charge in [0.05, 0.1) is 31.1 Å². The number of nitrogens with zero attached hydrogens (tertiary/aromatic N) is 2. The van der Waals surface area contributed by atoms with Crippen molar-refractivity contribution in [2.75, 3.05) is 44.7 Å². The van der Waals surface area contributed by atoms with Crippen molar-refractivity contribution in [2.45, 2.75) is 63.7 Å². The first-order valence-corrected chi connectivity index (χ1v) is 14.4. The van der Waals surface area contributed by atoms with Crippen LogP contribution in [0.5, 0.6) is 5.75 Å². The fourth-order valence-corrected chi connectivity index (χ4v) is 5.73. The molecule has 8 nitrogen and oxygen atoms in total. The molecule has 1 aliphatic carbocycles. The molecule has 2 fully saturated rings. The Bertz CT molecular complexity index is 1080. The number of rotatable bonds is 11. The number of carboxylic acids is 2. The smallest absolute Gasteiger partial charge is 0.303 e. The van der Waals surface area contributed by atoms with Crippen LogP contribution < -0.4 is 9.64 Å². The summed E-state index contributed by atoms with van der Waals surface area (Å²) in [4.78, 5) is 38.0. The van der Waals surface area contributed by atoms with Gasteiger partial charge in [-0.1, -0.05) is 61.7 Å². The lowest BCUT2D eigenvalue weighted by atomic mass is 9.69. The lowest BCUT2D eigenvalue weighted by molar-refractivity contribution is -0.143. The van der Waals surface area contributed by atoms with Crippen LogP contribution in [-0.4, -0.2) is 72.7 Å². The van der Waals surface area contributed by atoms with E-state index in [-0.39, 0.29) is 18.8 Å². The van der Waals surface area contributed by atoms with E-state index in [4.69, 9.17) is 14.9 Å². The number of hydrogen-bond donors (Lipinski definition) is 2. The Morgan fingerprint density at radius 1 is 0.850 bits per heavy atom. The zero-order valence-electron chi connectivity index (χ0n) is 23.9. The number of methoxy groups -OCH3 is 1. The molecule has 0 spiro atoms. The van der Waals surface area contributed by atoms with E-state index in [0.717, 1.165) is 57.7 Å². The number of hydrogen-bond acceptors (Lipinski definition) is 6. The topological polar surface area (TPSA) is 107 Å². The summed E-state index contributed by atoms with van der Waals surface area (Å²) in [6.45, 7) is 7.16. The summed E-state index contributed by atoms with van der Waals surface area (Å²) >= 11 is 0. The van der Waals surface area contributed by atoms with Crippen molar-refractivity contribution in [3.63, 3.8) is 0 Å². The number of carbonyl (C=O) groups excluding carboxylic acids is 1. The van der Waals surface area contributed by atoms with Gasteiger partial charge in [-0.2, -0.15) is 0 Å². The highest BCUT2D eigenvalue weighted by Gasteiger charge is 2.39. The Balaban J connectivity index is 0.000000482. The molecule has 1 unspecified atom stereocenters. The van der Waals surface area contributed by atoms with Crippen molar-refractivity contribution in [3.8, 4) is 5.75 Å². The van der Waals surface area contributed by atoms with Gasteiger partial charge in [-0.15, -0.1) is 0 Å². The second-order valence-electron chi connectivity index (χ2n) is 10.9. The quantitative estimate of drug-likeness (QED) is 0.389. The fraction of sp³-hybridized carbons (Fsp3) is 0.531. The SMILES string of the molecule is COc1ccccc1N1CCN(CCC(C)(C(=O)C2CCCCC2)c2ccccc2)CC1.O=C(O)CCC(=O)O. The molecule has 1 aliphatic heterocycles. The van der Waals surface area contributed by atoms with Gasteiger partial charge >= 0.3 is 11.9 Å². The lowest BCUT2D eigenvalue weighted by Crippen LogP contribution is -2.48. The van der Waals surface area contributed by atoms with Crippen molar-refractivity contribution in [1.82, 2.24) is 4.90 Å². The van der Waals surface area contributed by atoms with Gasteiger partial charge in [0, 0.05) is 32.1 Å². The molecule has 4 rings (SSSR count). The third-order valence-electron chi connectivity index (χ3n) is 8.21. The van der Waals surface area contributed by atoms with Crippen molar-refractivity contribution < 1.29 is 29.3 Å². The van der Waals surface area contributed by atoms with Crippen LogP contribution in [-0.2, 0) is 19.8 Å². The number of Topliss-reactive ketones (excluding diaryl/α,β-unsaturated/α-hetero) is 1. The number of carboxylic acid groups (broad SMARTS) is 2. The maximum Gasteiger partial charge on any atom is 0.303 e. The molecule has 1 saturated carbocycles. The molecule has 40 heavy (non-hydrogen) atoms. The summed E-state index contributed by atoms with van der Waals surface area (Å²) in [5.41, 5.74) is 1.96. The third kappa shape index (κ3) is 8.81. The summed E-state index contributed by atoms with van der Waals surface area (Å²) in [6, 6.07) is 18.8. The van der Waals surface area contributed by atoms with Crippen molar-refractivity contribution in [1.29, 1.82) is 0 Å². The van der Waals surface area contributed by atoms with Crippen molar-refractivity contribution in [2.24, 2.45) is 5.92 Å². The molecule has 1 atom stereocenters. The van der Waals surface area contributed by atoms with E-state index in [1.54, 1.807) is 7.11 Å². The zero-order chi connectivity index (χ0) is 29.0. The lowest BCUT2D eigenvalue weighted by Gasteiger charge is -2.39. The van der Waals surface area contributed by atoms with Crippen molar-refractivity contribution in [3.05, 3.63) is 60.2 Å². The predicted molar refractivity (Wildman–Crippen MR) is 156 cm³/mol. The van der Waals surface area contributed by atoms with E-state index < -0.39 is 17.4 Å². The number of benzene rings is 2. The third-order valence-corrected chi connectivity index (χ3v) is 8.21. The fourth-order valence-electron chi connectivity index (χ4n) is 5.73. The van der Waals surface area contributed by atoms with E-state index in [0.29, 0.717) is 5.78 Å². The van der Waals surface area contributed by atoms with Crippen molar-refractivity contribution >= 4 is 23.4 Å². The predicted octanol–water partition coefficient (Wildman–Crippen LogP) is 5.25. The second-order valence-corrected chi connectivity index (χ2v) is 10.9. The minimum Gasteiger partial charge on any atom is -0.495 e. The molecule has 218 valence electrons. The summed E-state index contributed by atoms with van der Waals surface area (Å²) in [6.07, 6.45) is 6.12. The number of aliphatic carboxylic acids is 2. The van der Waals surface area contributed by atoms with Crippen LogP contribution in [0.15, 0.2) is 54.6 Å². The Morgan fingerprint density at radius 3 is 2.00 bits per heavy atom. The molecule has 1 saturated heterocycles. The van der Waals surface area contributed by atoms with Crippen LogP contribution in [0.25, 0.3) is 0 Å². The molecule has 2 N–H and O–H groups in total. The Hall–Kier alpha value is -3.39. The molecule has 2 aliphatic rings. The van der Waals surface area contributed by atoms with Gasteiger partial charge in [0.25, 0.3) is 0 Å². The van der Waals surface area contributed by atoms with Crippen LogP contribution in [0.2, 0.25) is 0 Å². The standard InChI is InChI=1S/C28H38N2O2.C4H6O4/c1-28(24-13-7-4-8-14-24,27(31)23-11-5-3-6-12-23)17-18-29-19-21-30(22-20-29)25-15-9-10-16-26(25)32-2;5-3(6)1-2-4(7)8/h4,7-10,13-16,23H,3,5-6,11-12,17-22H2,1-2H3;1-2H2,(H,5,6)(H,7,8). The number of anilines is 1. The molecule has 8 heteroatoms. The van der Waals surface area contributed by atoms with E-state index in [9.17, 15) is 14.4 Å². The maximum absolute atomic E-state index is 13.8. The molecule has 1 heterocycles. The van der Waals surface area contributed by atoms with Crippen LogP contribution >= 0.6 is 0 Å². The zero-order valence-corrected chi connectivity index (χ0v) is 23.9. The minimum atomic E-state index is -1.08. The van der Waals surface area contributed by atoms with Gasteiger partial charge in [-0.25, -0.2) is 0 Å². The Labute approximate surface area is 237 Å². The monoisotopic (exact) mass is 552 g/mol. The minimum absolute atomic E-state index is 0.233. The van der Waals surface area contributed by atoms with Crippen LogP contribution in [0.1, 0.15) is 63.9 Å². The molecule has 0 bridgehead atoms. The number of para-hydroxylation sites is 2. The normalized spacial score (nSPS) is 17.7. The van der Waals surface area contributed by atoms with E-state index in [2.05, 4.69) is 53.1 Å². The highest BCUT2D eigenvalue weighted by atomic mass is 16.5. The number of ether oxygens (including phenoxy) is 1. The molecule has 2 aromatic rings. The van der Waals surface area contributed by atoms with Gasteiger partial charge in [0.2, 0.25) is 0 Å². The molecular formula is C32H44N2O6. The first kappa shape index (κ1) is 31.1. The van der Waals surface area contributed by atoms with Crippen LogP contribution in [0, 0.1) is 5.92 Å². The van der Waals surface area contributed by atoms with Gasteiger partial charge in [0.1, 0.15) is 11.5 Å². The number of ketones is 1. The van der Waals surface area contributed by atoms with E-state index in [1.165, 1.54) is 30.5 Å². The molecule has 0 aromatic heterocycles. The number of carbonyl (C=O) groups is 3. The average molecular weight is 553 g/mol. The highest BCUT2D eigenvalue weighted by molar-refractivity contribution is 5.91. The maximum atomic E-state index is 13.8. The van der Waals surface area contributed by atoms with Gasteiger partial charge in [-0.05, 0) is 50.4 Å². The summed E-state index contributed by atoms with van der Waals surface area (Å²) in [5.74, 6) is -0.511. The Morgan fingerprint density at radius 2 is 1.43 bits per heavy atom. The molecular weight excluding hydrogens is 508 g/mol. The van der Waals surface area contributed by atoms with Crippen LogP contribution in [0.3, 0.4) is 0 Å². The summed E-state index contributed by atoms with van der Waals surface area (Å²) in [7, 11) is 1.74. The summed E-state index contributed by atoms with van der Waals surface area (Å²) in [5, 5.41) is 15.8. The van der Waals surface area contributed by atoms with E-state index in [1.807, 2.05) is 18.2 Å². The highest BCUT2D eigenvalue weighted by Crippen LogP contribution is 2.37. The Kier molecular flexibility index (Phi) is 12.0. The van der Waals surface area contributed by atoms with Gasteiger partial charge in [0.15, 0.2) is 0 Å². The average Bonchev–Trinajstić information content (AvgIpc) is 3.00. The van der Waals surface area contributed by atoms with E-state index >= 15 is 0 Å². The largest absolute Gasteiger partial charge is 0.495 e. The first-order valence-electron chi connectivity index (χ1n) is 14.4. The molecule has 2 aromatic carbocycles. The number of piperazine rings is 1. The molecule has 0 amide bonds. The second kappa shape index (κ2) is 15.4.